The van der Waals surface area contributed by atoms with Crippen molar-refractivity contribution in [3.8, 4) is 0 Å². The maximum Gasteiger partial charge on any atom is 0.0233 e. The Bertz CT molecular complexity index is 323. The Kier molecular flexibility index (Phi) is 6.19. The topological polar surface area (TPSA) is 32.5 Å². The van der Waals surface area contributed by atoms with E-state index in [1.807, 2.05) is 0 Å². The maximum atomic E-state index is 5.74. The van der Waals surface area contributed by atoms with Crippen LogP contribution in [0.3, 0.4) is 0 Å². The Morgan fingerprint density at radius 1 is 1.00 bits per heavy atom. The average molecular weight is 235 g/mol. The Balaban J connectivity index is 2.41. The smallest absolute Gasteiger partial charge is 0.0233 e. The highest BCUT2D eigenvalue weighted by Crippen LogP contribution is 2.10. The predicted molar refractivity (Wildman–Crippen MR) is 73.8 cm³/mol. The van der Waals surface area contributed by atoms with E-state index in [1.165, 1.54) is 17.5 Å². The molecule has 3 heteroatoms. The monoisotopic (exact) mass is 235 g/mol. The van der Waals surface area contributed by atoms with Crippen molar-refractivity contribution in [3.05, 3.63) is 35.4 Å². The molecule has 0 aliphatic rings. The summed E-state index contributed by atoms with van der Waals surface area (Å²) < 4.78 is 0. The number of nitrogens with two attached hydrogens (primary N) is 1. The number of hydrogen-bond donors (Lipinski definition) is 1. The van der Waals surface area contributed by atoms with Gasteiger partial charge in [-0.25, -0.2) is 0 Å². The molecule has 1 aromatic carbocycles. The van der Waals surface area contributed by atoms with Crippen LogP contribution in [0.1, 0.15) is 17.5 Å². The number of rotatable bonds is 7. The largest absolute Gasteiger partial charge is 0.326 e. The van der Waals surface area contributed by atoms with Crippen molar-refractivity contribution in [3.63, 3.8) is 0 Å². The SMILES string of the molecule is CN(C)CCCN(C)Cc1ccccc1CN. The van der Waals surface area contributed by atoms with E-state index in [0.717, 1.165) is 19.6 Å². The van der Waals surface area contributed by atoms with Crippen LogP contribution in [0.2, 0.25) is 0 Å². The summed E-state index contributed by atoms with van der Waals surface area (Å²) in [6.45, 7) is 3.88. The third kappa shape index (κ3) is 5.31. The van der Waals surface area contributed by atoms with Crippen LogP contribution in [-0.2, 0) is 13.1 Å². The van der Waals surface area contributed by atoms with E-state index in [1.54, 1.807) is 0 Å². The highest BCUT2D eigenvalue weighted by molar-refractivity contribution is 5.26. The van der Waals surface area contributed by atoms with Crippen molar-refractivity contribution < 1.29 is 0 Å². The number of nitrogens with zero attached hydrogens (tertiary/aromatic N) is 2. The minimum atomic E-state index is 0.627. The number of hydrogen-bond acceptors (Lipinski definition) is 3. The second kappa shape index (κ2) is 7.43. The summed E-state index contributed by atoms with van der Waals surface area (Å²) in [5.74, 6) is 0. The third-order valence-electron chi connectivity index (χ3n) is 2.92. The lowest BCUT2D eigenvalue weighted by Gasteiger charge is -2.19. The van der Waals surface area contributed by atoms with Gasteiger partial charge in [-0.15, -0.1) is 0 Å². The van der Waals surface area contributed by atoms with Crippen LogP contribution in [0, 0.1) is 0 Å². The summed E-state index contributed by atoms with van der Waals surface area (Å²) >= 11 is 0. The first-order valence-electron chi connectivity index (χ1n) is 6.23. The standard InChI is InChI=1S/C14H25N3/c1-16(2)9-6-10-17(3)12-14-8-5-4-7-13(14)11-15/h4-5,7-8H,6,9-12,15H2,1-3H3. The molecule has 0 saturated heterocycles. The summed E-state index contributed by atoms with van der Waals surface area (Å²) in [5.41, 5.74) is 8.35. The van der Waals surface area contributed by atoms with Crippen LogP contribution in [0.15, 0.2) is 24.3 Å². The van der Waals surface area contributed by atoms with Crippen LogP contribution in [0.25, 0.3) is 0 Å². The quantitative estimate of drug-likeness (QED) is 0.778. The maximum absolute atomic E-state index is 5.74. The van der Waals surface area contributed by atoms with Gasteiger partial charge in [-0.2, -0.15) is 0 Å². The molecule has 0 heterocycles. The normalized spacial score (nSPS) is 11.4. The summed E-state index contributed by atoms with van der Waals surface area (Å²) in [4.78, 5) is 4.58. The van der Waals surface area contributed by atoms with Gasteiger partial charge in [0.05, 0.1) is 0 Å². The van der Waals surface area contributed by atoms with Crippen LogP contribution >= 0.6 is 0 Å². The molecule has 96 valence electrons. The van der Waals surface area contributed by atoms with Gasteiger partial charge in [-0.3, -0.25) is 0 Å². The number of benzene rings is 1. The Morgan fingerprint density at radius 2 is 1.65 bits per heavy atom. The van der Waals surface area contributed by atoms with Gasteiger partial charge in [0, 0.05) is 13.1 Å². The van der Waals surface area contributed by atoms with Crippen molar-refractivity contribution in [1.29, 1.82) is 0 Å². The third-order valence-corrected chi connectivity index (χ3v) is 2.92. The van der Waals surface area contributed by atoms with Gasteiger partial charge < -0.3 is 15.5 Å². The second-order valence-corrected chi connectivity index (χ2v) is 4.87. The van der Waals surface area contributed by atoms with Crippen LogP contribution in [-0.4, -0.2) is 44.0 Å². The Morgan fingerprint density at radius 3 is 2.24 bits per heavy atom. The average Bonchev–Trinajstić information content (AvgIpc) is 2.29. The second-order valence-electron chi connectivity index (χ2n) is 4.87. The molecular weight excluding hydrogens is 210 g/mol. The minimum absolute atomic E-state index is 0.627. The fraction of sp³-hybridized carbons (Fsp3) is 0.571. The van der Waals surface area contributed by atoms with Gasteiger partial charge in [0.2, 0.25) is 0 Å². The summed E-state index contributed by atoms with van der Waals surface area (Å²) in [6, 6.07) is 8.42. The molecule has 1 aromatic rings. The van der Waals surface area contributed by atoms with E-state index < -0.39 is 0 Å². The summed E-state index contributed by atoms with van der Waals surface area (Å²) in [7, 11) is 6.40. The molecule has 0 atom stereocenters. The lowest BCUT2D eigenvalue weighted by Crippen LogP contribution is -2.24. The molecular formula is C14H25N3. The Labute approximate surface area is 105 Å². The molecule has 0 aromatic heterocycles. The lowest BCUT2D eigenvalue weighted by molar-refractivity contribution is 0.294. The molecule has 1 rings (SSSR count). The zero-order valence-corrected chi connectivity index (χ0v) is 11.3. The van der Waals surface area contributed by atoms with E-state index in [0.29, 0.717) is 6.54 Å². The molecule has 0 aliphatic carbocycles. The summed E-state index contributed by atoms with van der Waals surface area (Å²) in [5, 5.41) is 0. The summed E-state index contributed by atoms with van der Waals surface area (Å²) in [6.07, 6.45) is 1.20. The van der Waals surface area contributed by atoms with E-state index in [4.69, 9.17) is 5.73 Å². The predicted octanol–water partition coefficient (Wildman–Crippen LogP) is 1.53. The van der Waals surface area contributed by atoms with E-state index in [2.05, 4.69) is 55.2 Å². The van der Waals surface area contributed by atoms with E-state index in [-0.39, 0.29) is 0 Å². The Hall–Kier alpha value is -0.900. The van der Waals surface area contributed by atoms with Gasteiger partial charge in [0.25, 0.3) is 0 Å². The molecule has 0 radical (unpaired) electrons. The molecule has 0 fully saturated rings. The van der Waals surface area contributed by atoms with Crippen LogP contribution in [0.4, 0.5) is 0 Å². The van der Waals surface area contributed by atoms with Gasteiger partial charge in [-0.1, -0.05) is 24.3 Å². The van der Waals surface area contributed by atoms with Crippen molar-refractivity contribution in [1.82, 2.24) is 9.80 Å². The van der Waals surface area contributed by atoms with Crippen molar-refractivity contribution >= 4 is 0 Å². The zero-order chi connectivity index (χ0) is 12.7. The van der Waals surface area contributed by atoms with Gasteiger partial charge in [0.1, 0.15) is 0 Å². The molecule has 17 heavy (non-hydrogen) atoms. The van der Waals surface area contributed by atoms with Crippen molar-refractivity contribution in [2.75, 3.05) is 34.2 Å². The highest BCUT2D eigenvalue weighted by Gasteiger charge is 2.04. The first kappa shape index (κ1) is 14.2. The zero-order valence-electron chi connectivity index (χ0n) is 11.3. The van der Waals surface area contributed by atoms with Crippen molar-refractivity contribution in [2.24, 2.45) is 5.73 Å². The highest BCUT2D eigenvalue weighted by atomic mass is 15.1. The molecule has 0 amide bonds. The fourth-order valence-electron chi connectivity index (χ4n) is 1.94. The van der Waals surface area contributed by atoms with Crippen molar-refractivity contribution in [2.45, 2.75) is 19.5 Å². The van der Waals surface area contributed by atoms with Gasteiger partial charge in [0.15, 0.2) is 0 Å². The molecule has 3 nitrogen and oxygen atoms in total. The molecule has 0 saturated carbocycles. The first-order valence-corrected chi connectivity index (χ1v) is 6.23. The first-order chi connectivity index (χ1) is 8.13. The lowest BCUT2D eigenvalue weighted by atomic mass is 10.1. The van der Waals surface area contributed by atoms with E-state index >= 15 is 0 Å². The molecule has 2 N–H and O–H groups in total. The van der Waals surface area contributed by atoms with Crippen LogP contribution < -0.4 is 5.73 Å². The minimum Gasteiger partial charge on any atom is -0.326 e. The molecule has 0 bridgehead atoms. The molecule has 0 unspecified atom stereocenters. The van der Waals surface area contributed by atoms with Gasteiger partial charge >= 0.3 is 0 Å². The fourth-order valence-corrected chi connectivity index (χ4v) is 1.94. The van der Waals surface area contributed by atoms with Gasteiger partial charge in [-0.05, 0) is 51.8 Å². The molecule has 0 spiro atoms. The van der Waals surface area contributed by atoms with Crippen LogP contribution in [0.5, 0.6) is 0 Å². The molecule has 0 aliphatic heterocycles. The van der Waals surface area contributed by atoms with E-state index in [9.17, 15) is 0 Å².